The highest BCUT2D eigenvalue weighted by Gasteiger charge is 2.17. The standard InChI is InChI=1S/C6H13O4P/c1-3-10-6(7)5(2)4-11(8)9/h5,8-9H,3-4H2,1-2H3. The zero-order valence-corrected chi connectivity index (χ0v) is 7.54. The minimum absolute atomic E-state index is 0.0914. The fourth-order valence-corrected chi connectivity index (χ4v) is 1.24. The summed E-state index contributed by atoms with van der Waals surface area (Å²) in [6.07, 6.45) is 0.0914. The van der Waals surface area contributed by atoms with E-state index in [0.29, 0.717) is 6.61 Å². The lowest BCUT2D eigenvalue weighted by molar-refractivity contribution is -0.146. The van der Waals surface area contributed by atoms with Gasteiger partial charge in [0, 0.05) is 6.16 Å². The van der Waals surface area contributed by atoms with E-state index in [1.165, 1.54) is 0 Å². The second kappa shape index (κ2) is 5.47. The van der Waals surface area contributed by atoms with Crippen molar-refractivity contribution in [2.45, 2.75) is 13.8 Å². The van der Waals surface area contributed by atoms with Crippen molar-refractivity contribution in [1.29, 1.82) is 0 Å². The molecule has 2 N–H and O–H groups in total. The maximum absolute atomic E-state index is 10.8. The molecule has 0 saturated heterocycles. The molecule has 0 saturated carbocycles. The van der Waals surface area contributed by atoms with Gasteiger partial charge in [0.1, 0.15) is 0 Å². The van der Waals surface area contributed by atoms with Gasteiger partial charge in [0.2, 0.25) is 0 Å². The largest absolute Gasteiger partial charge is 0.466 e. The van der Waals surface area contributed by atoms with Gasteiger partial charge < -0.3 is 14.5 Å². The summed E-state index contributed by atoms with van der Waals surface area (Å²) in [6.45, 7) is 3.66. The van der Waals surface area contributed by atoms with Gasteiger partial charge in [-0.1, -0.05) is 6.92 Å². The van der Waals surface area contributed by atoms with Crippen molar-refractivity contribution >= 4 is 14.3 Å². The van der Waals surface area contributed by atoms with Crippen molar-refractivity contribution < 1.29 is 19.3 Å². The van der Waals surface area contributed by atoms with E-state index in [9.17, 15) is 4.79 Å². The topological polar surface area (TPSA) is 66.8 Å². The molecule has 0 aliphatic rings. The minimum atomic E-state index is -1.98. The lowest BCUT2D eigenvalue weighted by Gasteiger charge is -2.09. The molecule has 0 aliphatic heterocycles. The molecule has 1 atom stereocenters. The molecule has 0 aromatic carbocycles. The SMILES string of the molecule is CCOC(=O)C(C)CP(O)O. The first-order valence-corrected chi connectivity index (χ1v) is 4.83. The highest BCUT2D eigenvalue weighted by Crippen LogP contribution is 2.26. The molecule has 0 fully saturated rings. The summed E-state index contributed by atoms with van der Waals surface area (Å²) in [5.74, 6) is -0.792. The molecular formula is C6H13O4P. The minimum Gasteiger partial charge on any atom is -0.466 e. The molecule has 0 bridgehead atoms. The van der Waals surface area contributed by atoms with E-state index in [4.69, 9.17) is 9.79 Å². The second-order valence-corrected chi connectivity index (χ2v) is 3.32. The van der Waals surface area contributed by atoms with Crippen molar-refractivity contribution in [1.82, 2.24) is 0 Å². The number of carbonyl (C=O) groups is 1. The predicted molar refractivity (Wildman–Crippen MR) is 42.0 cm³/mol. The molecule has 1 unspecified atom stereocenters. The van der Waals surface area contributed by atoms with Crippen molar-refractivity contribution in [2.75, 3.05) is 12.8 Å². The van der Waals surface area contributed by atoms with E-state index in [0.717, 1.165) is 0 Å². The van der Waals surface area contributed by atoms with E-state index < -0.39 is 14.3 Å². The van der Waals surface area contributed by atoms with Gasteiger partial charge in [0.25, 0.3) is 0 Å². The van der Waals surface area contributed by atoms with Crippen molar-refractivity contribution in [3.8, 4) is 0 Å². The normalized spacial score (nSPS) is 13.2. The molecule has 5 heteroatoms. The van der Waals surface area contributed by atoms with Crippen LogP contribution >= 0.6 is 8.38 Å². The quantitative estimate of drug-likeness (QED) is 0.487. The average molecular weight is 180 g/mol. The van der Waals surface area contributed by atoms with Gasteiger partial charge in [-0.15, -0.1) is 0 Å². The first-order valence-electron chi connectivity index (χ1n) is 3.39. The zero-order valence-electron chi connectivity index (χ0n) is 6.65. The molecule has 0 amide bonds. The lowest BCUT2D eigenvalue weighted by atomic mass is 10.2. The predicted octanol–water partition coefficient (Wildman–Crippen LogP) is 0.482. The van der Waals surface area contributed by atoms with Gasteiger partial charge in [0.05, 0.1) is 12.5 Å². The Labute approximate surface area is 67.1 Å². The van der Waals surface area contributed by atoms with Gasteiger partial charge in [-0.05, 0) is 6.92 Å². The molecule has 66 valence electrons. The van der Waals surface area contributed by atoms with Crippen LogP contribution in [0.3, 0.4) is 0 Å². The number of esters is 1. The summed E-state index contributed by atoms with van der Waals surface area (Å²) in [6, 6.07) is 0. The van der Waals surface area contributed by atoms with Crippen LogP contribution in [0.25, 0.3) is 0 Å². The van der Waals surface area contributed by atoms with Gasteiger partial charge in [-0.25, -0.2) is 0 Å². The maximum Gasteiger partial charge on any atom is 0.309 e. The fraction of sp³-hybridized carbons (Fsp3) is 0.833. The van der Waals surface area contributed by atoms with Crippen LogP contribution in [0.1, 0.15) is 13.8 Å². The van der Waals surface area contributed by atoms with Crippen LogP contribution in [0.5, 0.6) is 0 Å². The number of carbonyl (C=O) groups excluding carboxylic acids is 1. The van der Waals surface area contributed by atoms with Gasteiger partial charge in [-0.2, -0.15) is 0 Å². The molecule has 0 aromatic rings. The third-order valence-electron chi connectivity index (χ3n) is 1.13. The Hall–Kier alpha value is -0.180. The first-order chi connectivity index (χ1) is 5.07. The van der Waals surface area contributed by atoms with E-state index in [-0.39, 0.29) is 12.1 Å². The summed E-state index contributed by atoms with van der Waals surface area (Å²) < 4.78 is 4.65. The Morgan fingerprint density at radius 1 is 1.64 bits per heavy atom. The Bertz CT molecular complexity index is 126. The van der Waals surface area contributed by atoms with Gasteiger partial charge in [-0.3, -0.25) is 4.79 Å². The van der Waals surface area contributed by atoms with Crippen LogP contribution in [0.2, 0.25) is 0 Å². The van der Waals surface area contributed by atoms with Crippen LogP contribution in [-0.4, -0.2) is 28.5 Å². The first kappa shape index (κ1) is 10.8. The molecule has 0 rings (SSSR count). The van der Waals surface area contributed by atoms with Crippen LogP contribution in [0.15, 0.2) is 0 Å². The van der Waals surface area contributed by atoms with E-state index in [2.05, 4.69) is 4.74 Å². The highest BCUT2D eigenvalue weighted by atomic mass is 31.2. The molecule has 0 spiro atoms. The molecule has 0 aliphatic carbocycles. The van der Waals surface area contributed by atoms with Crippen LogP contribution in [-0.2, 0) is 9.53 Å². The Morgan fingerprint density at radius 3 is 2.55 bits per heavy atom. The van der Waals surface area contributed by atoms with E-state index in [1.54, 1.807) is 13.8 Å². The van der Waals surface area contributed by atoms with E-state index in [1.807, 2.05) is 0 Å². The second-order valence-electron chi connectivity index (χ2n) is 2.21. The molecular weight excluding hydrogens is 167 g/mol. The third-order valence-corrected chi connectivity index (χ3v) is 2.00. The summed E-state index contributed by atoms with van der Waals surface area (Å²) >= 11 is 0. The lowest BCUT2D eigenvalue weighted by Crippen LogP contribution is -2.17. The van der Waals surface area contributed by atoms with Crippen molar-refractivity contribution in [3.63, 3.8) is 0 Å². The number of rotatable bonds is 4. The summed E-state index contributed by atoms with van der Waals surface area (Å²) in [4.78, 5) is 27.9. The summed E-state index contributed by atoms with van der Waals surface area (Å²) in [5, 5.41) is 0. The molecule has 4 nitrogen and oxygen atoms in total. The van der Waals surface area contributed by atoms with Gasteiger partial charge in [0.15, 0.2) is 8.38 Å². The maximum atomic E-state index is 10.8. The number of hydrogen-bond donors (Lipinski definition) is 2. The monoisotopic (exact) mass is 180 g/mol. The van der Waals surface area contributed by atoms with Crippen molar-refractivity contribution in [2.24, 2.45) is 5.92 Å². The van der Waals surface area contributed by atoms with E-state index >= 15 is 0 Å². The van der Waals surface area contributed by atoms with Crippen LogP contribution < -0.4 is 0 Å². The molecule has 11 heavy (non-hydrogen) atoms. The summed E-state index contributed by atoms with van der Waals surface area (Å²) in [5.41, 5.74) is 0. The summed E-state index contributed by atoms with van der Waals surface area (Å²) in [7, 11) is -1.98. The smallest absolute Gasteiger partial charge is 0.309 e. The third kappa shape index (κ3) is 5.13. The zero-order chi connectivity index (χ0) is 8.85. The molecule has 0 radical (unpaired) electrons. The number of hydrogen-bond acceptors (Lipinski definition) is 4. The van der Waals surface area contributed by atoms with Crippen LogP contribution in [0, 0.1) is 5.92 Å². The number of ether oxygens (including phenoxy) is 1. The highest BCUT2D eigenvalue weighted by molar-refractivity contribution is 7.45. The molecule has 0 heterocycles. The Balaban J connectivity index is 3.64. The van der Waals surface area contributed by atoms with Crippen LogP contribution in [0.4, 0.5) is 0 Å². The Kier molecular flexibility index (Phi) is 5.38. The fourth-order valence-electron chi connectivity index (χ4n) is 0.604. The van der Waals surface area contributed by atoms with Crippen molar-refractivity contribution in [3.05, 3.63) is 0 Å². The Morgan fingerprint density at radius 2 is 2.18 bits per heavy atom. The average Bonchev–Trinajstić information content (AvgIpc) is 1.86. The van der Waals surface area contributed by atoms with Gasteiger partial charge >= 0.3 is 5.97 Å². The molecule has 0 aromatic heterocycles.